The number of halogens is 1. The van der Waals surface area contributed by atoms with Crippen molar-refractivity contribution in [2.75, 3.05) is 11.9 Å². The average molecular weight is 212 g/mol. The Labute approximate surface area is 88.9 Å². The highest BCUT2D eigenvalue weighted by Gasteiger charge is 2.14. The molecule has 0 atom stereocenters. The van der Waals surface area contributed by atoms with Gasteiger partial charge in [-0.2, -0.15) is 0 Å². The lowest BCUT2D eigenvalue weighted by Crippen LogP contribution is -2.11. The van der Waals surface area contributed by atoms with Gasteiger partial charge in [-0.15, -0.1) is 0 Å². The molecule has 0 spiro atoms. The number of nitrogens with one attached hydrogen (secondary N) is 1. The van der Waals surface area contributed by atoms with E-state index in [1.165, 1.54) is 25.7 Å². The maximum absolute atomic E-state index is 5.68. The SMILES string of the molecule is Clc1nccc(NCC2CCCC2)n1. The predicted molar refractivity (Wildman–Crippen MR) is 57.5 cm³/mol. The van der Waals surface area contributed by atoms with Crippen molar-refractivity contribution in [3.8, 4) is 0 Å². The van der Waals surface area contributed by atoms with Crippen LogP contribution in [0.1, 0.15) is 25.7 Å². The summed E-state index contributed by atoms with van der Waals surface area (Å²) in [7, 11) is 0. The maximum Gasteiger partial charge on any atom is 0.224 e. The topological polar surface area (TPSA) is 37.8 Å². The van der Waals surface area contributed by atoms with Gasteiger partial charge in [-0.3, -0.25) is 0 Å². The Bertz CT molecular complexity index is 297. The van der Waals surface area contributed by atoms with E-state index in [9.17, 15) is 0 Å². The Balaban J connectivity index is 1.85. The number of nitrogens with zero attached hydrogens (tertiary/aromatic N) is 2. The van der Waals surface area contributed by atoms with Crippen molar-refractivity contribution in [3.05, 3.63) is 17.5 Å². The molecule has 0 radical (unpaired) electrons. The summed E-state index contributed by atoms with van der Waals surface area (Å²) < 4.78 is 0. The van der Waals surface area contributed by atoms with E-state index in [0.717, 1.165) is 18.3 Å². The number of anilines is 1. The van der Waals surface area contributed by atoms with E-state index in [0.29, 0.717) is 5.28 Å². The molecule has 1 saturated carbocycles. The highest BCUT2D eigenvalue weighted by atomic mass is 35.5. The summed E-state index contributed by atoms with van der Waals surface area (Å²) in [5.41, 5.74) is 0. The monoisotopic (exact) mass is 211 g/mol. The van der Waals surface area contributed by atoms with Gasteiger partial charge in [0.05, 0.1) is 0 Å². The molecule has 3 nitrogen and oxygen atoms in total. The van der Waals surface area contributed by atoms with E-state index in [4.69, 9.17) is 11.6 Å². The van der Waals surface area contributed by atoms with E-state index >= 15 is 0 Å². The summed E-state index contributed by atoms with van der Waals surface area (Å²) in [4.78, 5) is 7.91. The van der Waals surface area contributed by atoms with Crippen molar-refractivity contribution in [2.24, 2.45) is 5.92 Å². The van der Waals surface area contributed by atoms with Crippen molar-refractivity contribution in [1.82, 2.24) is 9.97 Å². The summed E-state index contributed by atoms with van der Waals surface area (Å²) >= 11 is 5.68. The van der Waals surface area contributed by atoms with Crippen LogP contribution in [-0.2, 0) is 0 Å². The van der Waals surface area contributed by atoms with Gasteiger partial charge in [0.2, 0.25) is 5.28 Å². The molecule has 1 aliphatic carbocycles. The Morgan fingerprint density at radius 3 is 2.93 bits per heavy atom. The van der Waals surface area contributed by atoms with Crippen LogP contribution in [0, 0.1) is 5.92 Å². The van der Waals surface area contributed by atoms with Crippen LogP contribution in [0.5, 0.6) is 0 Å². The van der Waals surface area contributed by atoms with Crippen molar-refractivity contribution < 1.29 is 0 Å². The smallest absolute Gasteiger partial charge is 0.224 e. The van der Waals surface area contributed by atoms with Crippen LogP contribution in [0.15, 0.2) is 12.3 Å². The minimum Gasteiger partial charge on any atom is -0.370 e. The summed E-state index contributed by atoms with van der Waals surface area (Å²) in [5, 5.41) is 3.60. The molecular formula is C10H14ClN3. The third-order valence-corrected chi connectivity index (χ3v) is 2.85. The van der Waals surface area contributed by atoms with Crippen molar-refractivity contribution in [3.63, 3.8) is 0 Å². The standard InChI is InChI=1S/C10H14ClN3/c11-10-12-6-5-9(14-10)13-7-8-3-1-2-4-8/h5-6,8H,1-4,7H2,(H,12,13,14). The molecule has 4 heteroatoms. The minimum absolute atomic E-state index is 0.307. The summed E-state index contributed by atoms with van der Waals surface area (Å²) in [6.45, 7) is 1.01. The van der Waals surface area contributed by atoms with Gasteiger partial charge in [0, 0.05) is 12.7 Å². The first-order chi connectivity index (χ1) is 6.84. The second-order valence-corrected chi connectivity index (χ2v) is 4.08. The van der Waals surface area contributed by atoms with E-state index in [-0.39, 0.29) is 0 Å². The van der Waals surface area contributed by atoms with Crippen molar-refractivity contribution in [1.29, 1.82) is 0 Å². The highest BCUT2D eigenvalue weighted by Crippen LogP contribution is 2.24. The second-order valence-electron chi connectivity index (χ2n) is 3.74. The molecule has 1 aromatic heterocycles. The zero-order chi connectivity index (χ0) is 9.80. The molecule has 0 aliphatic heterocycles. The maximum atomic E-state index is 5.68. The van der Waals surface area contributed by atoms with Gasteiger partial charge >= 0.3 is 0 Å². The lowest BCUT2D eigenvalue weighted by molar-refractivity contribution is 0.579. The van der Waals surface area contributed by atoms with Gasteiger partial charge in [0.1, 0.15) is 5.82 Å². The predicted octanol–water partition coefficient (Wildman–Crippen LogP) is 2.73. The van der Waals surface area contributed by atoms with E-state index in [1.54, 1.807) is 6.20 Å². The quantitative estimate of drug-likeness (QED) is 0.782. The van der Waals surface area contributed by atoms with Gasteiger partial charge in [-0.25, -0.2) is 9.97 Å². The number of hydrogen-bond donors (Lipinski definition) is 1. The molecule has 0 aromatic carbocycles. The van der Waals surface area contributed by atoms with Crippen LogP contribution < -0.4 is 5.32 Å². The normalized spacial score (nSPS) is 17.2. The summed E-state index contributed by atoms with van der Waals surface area (Å²) in [5.74, 6) is 1.64. The van der Waals surface area contributed by atoms with E-state index in [1.807, 2.05) is 6.07 Å². The Hall–Kier alpha value is -0.830. The molecule has 1 fully saturated rings. The first kappa shape index (κ1) is 9.71. The molecule has 1 heterocycles. The lowest BCUT2D eigenvalue weighted by Gasteiger charge is -2.10. The second kappa shape index (κ2) is 4.60. The average Bonchev–Trinajstić information content (AvgIpc) is 2.67. The fourth-order valence-corrected chi connectivity index (χ4v) is 2.04. The molecule has 1 aliphatic rings. The summed E-state index contributed by atoms with van der Waals surface area (Å²) in [6, 6.07) is 1.85. The molecule has 14 heavy (non-hydrogen) atoms. The molecule has 0 bridgehead atoms. The Morgan fingerprint density at radius 2 is 2.21 bits per heavy atom. The van der Waals surface area contributed by atoms with Gasteiger partial charge in [0.15, 0.2) is 0 Å². The summed E-state index contributed by atoms with van der Waals surface area (Å²) in [6.07, 6.45) is 7.09. The number of aromatic nitrogens is 2. The number of rotatable bonds is 3. The van der Waals surface area contributed by atoms with Crippen molar-refractivity contribution >= 4 is 17.4 Å². The first-order valence-electron chi connectivity index (χ1n) is 5.07. The van der Waals surface area contributed by atoms with Crippen molar-refractivity contribution in [2.45, 2.75) is 25.7 Å². The zero-order valence-corrected chi connectivity index (χ0v) is 8.80. The van der Waals surface area contributed by atoms with Crippen LogP contribution >= 0.6 is 11.6 Å². The van der Waals surface area contributed by atoms with Crippen LogP contribution in [-0.4, -0.2) is 16.5 Å². The third kappa shape index (κ3) is 2.58. The fraction of sp³-hybridized carbons (Fsp3) is 0.600. The van der Waals surface area contributed by atoms with Gasteiger partial charge in [0.25, 0.3) is 0 Å². The fourth-order valence-electron chi connectivity index (χ4n) is 1.90. The van der Waals surface area contributed by atoms with E-state index < -0.39 is 0 Å². The molecule has 1 aromatic rings. The van der Waals surface area contributed by atoms with Crippen LogP contribution in [0.25, 0.3) is 0 Å². The lowest BCUT2D eigenvalue weighted by atomic mass is 10.1. The first-order valence-corrected chi connectivity index (χ1v) is 5.45. The Morgan fingerprint density at radius 1 is 1.43 bits per heavy atom. The Kier molecular flexibility index (Phi) is 3.19. The van der Waals surface area contributed by atoms with Gasteiger partial charge < -0.3 is 5.32 Å². The molecular weight excluding hydrogens is 198 g/mol. The van der Waals surface area contributed by atoms with Crippen LogP contribution in [0.2, 0.25) is 5.28 Å². The molecule has 2 rings (SSSR count). The van der Waals surface area contributed by atoms with E-state index in [2.05, 4.69) is 15.3 Å². The van der Waals surface area contributed by atoms with Crippen LogP contribution in [0.3, 0.4) is 0 Å². The molecule has 0 unspecified atom stereocenters. The largest absolute Gasteiger partial charge is 0.370 e. The third-order valence-electron chi connectivity index (χ3n) is 2.67. The molecule has 0 amide bonds. The highest BCUT2D eigenvalue weighted by molar-refractivity contribution is 6.28. The number of hydrogen-bond acceptors (Lipinski definition) is 3. The van der Waals surface area contributed by atoms with Crippen LogP contribution in [0.4, 0.5) is 5.82 Å². The minimum atomic E-state index is 0.307. The molecule has 1 N–H and O–H groups in total. The zero-order valence-electron chi connectivity index (χ0n) is 8.04. The van der Waals surface area contributed by atoms with Gasteiger partial charge in [-0.1, -0.05) is 12.8 Å². The van der Waals surface area contributed by atoms with Gasteiger partial charge in [-0.05, 0) is 36.4 Å². The molecule has 0 saturated heterocycles. The molecule has 76 valence electrons.